The van der Waals surface area contributed by atoms with E-state index in [1.165, 1.54) is 0 Å². The molecule has 140 valence electrons. The second-order valence-corrected chi connectivity index (χ2v) is 6.42. The van der Waals surface area contributed by atoms with Crippen LogP contribution >= 0.6 is 0 Å². The predicted molar refractivity (Wildman–Crippen MR) is 98.1 cm³/mol. The molecule has 1 amide bonds. The van der Waals surface area contributed by atoms with Crippen LogP contribution in [0.4, 0.5) is 5.69 Å². The number of rotatable bonds is 9. The first-order chi connectivity index (χ1) is 12.1. The van der Waals surface area contributed by atoms with Crippen LogP contribution in [-0.2, 0) is 14.3 Å². The molecular weight excluding hydrogens is 320 g/mol. The molecule has 0 bridgehead atoms. The van der Waals surface area contributed by atoms with Crippen LogP contribution in [0.15, 0.2) is 24.3 Å². The highest BCUT2D eigenvalue weighted by Crippen LogP contribution is 2.20. The van der Waals surface area contributed by atoms with Gasteiger partial charge < -0.3 is 19.5 Å². The number of hydrogen-bond donors (Lipinski definition) is 1. The van der Waals surface area contributed by atoms with Gasteiger partial charge in [-0.3, -0.25) is 9.69 Å². The highest BCUT2D eigenvalue weighted by molar-refractivity contribution is 5.97. The maximum absolute atomic E-state index is 12.3. The number of amides is 1. The Hall–Kier alpha value is -1.63. The van der Waals surface area contributed by atoms with E-state index < -0.39 is 5.60 Å². The maximum Gasteiger partial charge on any atom is 0.256 e. The summed E-state index contributed by atoms with van der Waals surface area (Å²) < 4.78 is 16.4. The Morgan fingerprint density at radius 1 is 1.28 bits per heavy atom. The van der Waals surface area contributed by atoms with Gasteiger partial charge in [-0.1, -0.05) is 6.92 Å². The Balaban J connectivity index is 1.73. The molecule has 1 aliphatic heterocycles. The summed E-state index contributed by atoms with van der Waals surface area (Å²) in [5.41, 5.74) is -0.0725. The second kappa shape index (κ2) is 9.75. The lowest BCUT2D eigenvalue weighted by Crippen LogP contribution is -2.41. The molecule has 0 unspecified atom stereocenters. The molecule has 25 heavy (non-hydrogen) atoms. The van der Waals surface area contributed by atoms with E-state index in [1.807, 2.05) is 31.2 Å². The minimum Gasteiger partial charge on any atom is -0.494 e. The first-order valence-corrected chi connectivity index (χ1v) is 8.97. The van der Waals surface area contributed by atoms with E-state index in [4.69, 9.17) is 14.2 Å². The molecule has 0 aliphatic carbocycles. The molecule has 0 radical (unpaired) electrons. The third-order valence-electron chi connectivity index (χ3n) is 4.71. The van der Waals surface area contributed by atoms with Gasteiger partial charge in [-0.15, -0.1) is 0 Å². The highest BCUT2D eigenvalue weighted by atomic mass is 16.5. The summed E-state index contributed by atoms with van der Waals surface area (Å²) in [6.07, 6.45) is 1.60. The van der Waals surface area contributed by atoms with Crippen LogP contribution in [-0.4, -0.2) is 63.0 Å². The number of hydrogen-bond acceptors (Lipinski definition) is 5. The van der Waals surface area contributed by atoms with Crippen molar-refractivity contribution < 1.29 is 19.0 Å². The van der Waals surface area contributed by atoms with Crippen LogP contribution in [0.2, 0.25) is 0 Å². The van der Waals surface area contributed by atoms with Crippen molar-refractivity contribution in [2.45, 2.75) is 32.3 Å². The number of anilines is 1. The molecule has 6 heteroatoms. The molecule has 1 fully saturated rings. The fraction of sp³-hybridized carbons (Fsp3) is 0.632. The van der Waals surface area contributed by atoms with Gasteiger partial charge >= 0.3 is 0 Å². The van der Waals surface area contributed by atoms with Crippen LogP contribution in [0.5, 0.6) is 5.75 Å². The second-order valence-electron chi connectivity index (χ2n) is 6.42. The van der Waals surface area contributed by atoms with Crippen molar-refractivity contribution in [3.05, 3.63) is 24.3 Å². The third kappa shape index (κ3) is 5.99. The van der Waals surface area contributed by atoms with Crippen LogP contribution in [0.25, 0.3) is 0 Å². The molecule has 1 aromatic rings. The Morgan fingerprint density at radius 3 is 2.56 bits per heavy atom. The van der Waals surface area contributed by atoms with Gasteiger partial charge in [-0.05, 0) is 44.0 Å². The lowest BCUT2D eigenvalue weighted by Gasteiger charge is -2.26. The van der Waals surface area contributed by atoms with Gasteiger partial charge in [0.25, 0.3) is 5.91 Å². The molecule has 1 heterocycles. The van der Waals surface area contributed by atoms with Crippen molar-refractivity contribution in [3.8, 4) is 5.75 Å². The Labute approximate surface area is 150 Å². The molecule has 0 saturated carbocycles. The first kappa shape index (κ1) is 19.7. The van der Waals surface area contributed by atoms with Crippen molar-refractivity contribution in [1.82, 2.24) is 4.90 Å². The molecule has 1 N–H and O–H groups in total. The molecular formula is C19H30N2O4. The minimum absolute atomic E-state index is 0.142. The number of ether oxygens (including phenoxy) is 3. The maximum atomic E-state index is 12.3. The van der Waals surface area contributed by atoms with Gasteiger partial charge in [0, 0.05) is 32.4 Å². The van der Waals surface area contributed by atoms with E-state index >= 15 is 0 Å². The SMILES string of the molecule is CC[C@@](C)(OC)C(=O)Nc1ccc(OCCCN2CCOCC2)cc1. The first-order valence-electron chi connectivity index (χ1n) is 8.97. The van der Waals surface area contributed by atoms with Crippen molar-refractivity contribution in [2.75, 3.05) is 51.9 Å². The Kier molecular flexibility index (Phi) is 7.68. The summed E-state index contributed by atoms with van der Waals surface area (Å²) in [5.74, 6) is 0.668. The van der Waals surface area contributed by atoms with Crippen LogP contribution in [0.3, 0.4) is 0 Å². The van der Waals surface area contributed by atoms with Crippen LogP contribution in [0, 0.1) is 0 Å². The van der Waals surface area contributed by atoms with Gasteiger partial charge in [0.15, 0.2) is 0 Å². The van der Waals surface area contributed by atoms with E-state index in [0.29, 0.717) is 13.0 Å². The van der Waals surface area contributed by atoms with E-state index in [2.05, 4.69) is 10.2 Å². The van der Waals surface area contributed by atoms with Gasteiger partial charge in [0.1, 0.15) is 11.4 Å². The van der Waals surface area contributed by atoms with Gasteiger partial charge in [-0.25, -0.2) is 0 Å². The number of benzene rings is 1. The zero-order valence-electron chi connectivity index (χ0n) is 15.5. The molecule has 2 rings (SSSR count). The Morgan fingerprint density at radius 2 is 1.96 bits per heavy atom. The van der Waals surface area contributed by atoms with Crippen molar-refractivity contribution in [3.63, 3.8) is 0 Å². The average molecular weight is 350 g/mol. The number of methoxy groups -OCH3 is 1. The minimum atomic E-state index is -0.811. The number of morpholine rings is 1. The number of nitrogens with zero attached hydrogens (tertiary/aromatic N) is 1. The lowest BCUT2D eigenvalue weighted by molar-refractivity contribution is -0.136. The van der Waals surface area contributed by atoms with Crippen LogP contribution in [0.1, 0.15) is 26.7 Å². The summed E-state index contributed by atoms with van der Waals surface area (Å²) in [4.78, 5) is 14.7. The molecule has 0 spiro atoms. The van der Waals surface area contributed by atoms with Crippen molar-refractivity contribution in [1.29, 1.82) is 0 Å². The largest absolute Gasteiger partial charge is 0.494 e. The smallest absolute Gasteiger partial charge is 0.256 e. The summed E-state index contributed by atoms with van der Waals surface area (Å²) in [7, 11) is 1.55. The fourth-order valence-corrected chi connectivity index (χ4v) is 2.60. The van der Waals surface area contributed by atoms with Crippen molar-refractivity contribution >= 4 is 11.6 Å². The van der Waals surface area contributed by atoms with E-state index in [0.717, 1.165) is 50.7 Å². The normalized spacial score (nSPS) is 17.7. The van der Waals surface area contributed by atoms with E-state index in [9.17, 15) is 4.79 Å². The van der Waals surface area contributed by atoms with Crippen LogP contribution < -0.4 is 10.1 Å². The molecule has 1 saturated heterocycles. The zero-order valence-corrected chi connectivity index (χ0v) is 15.5. The summed E-state index contributed by atoms with van der Waals surface area (Å²) in [6.45, 7) is 9.09. The fourth-order valence-electron chi connectivity index (χ4n) is 2.60. The molecule has 1 aliphatic rings. The highest BCUT2D eigenvalue weighted by Gasteiger charge is 2.30. The number of carbonyl (C=O) groups is 1. The lowest BCUT2D eigenvalue weighted by atomic mass is 10.0. The summed E-state index contributed by atoms with van der Waals surface area (Å²) >= 11 is 0. The van der Waals surface area contributed by atoms with Gasteiger partial charge in [-0.2, -0.15) is 0 Å². The Bertz CT molecular complexity index is 523. The quantitative estimate of drug-likeness (QED) is 0.694. The molecule has 0 aromatic heterocycles. The van der Waals surface area contributed by atoms with E-state index in [1.54, 1.807) is 14.0 Å². The van der Waals surface area contributed by atoms with Gasteiger partial charge in [0.05, 0.1) is 19.8 Å². The van der Waals surface area contributed by atoms with Gasteiger partial charge in [0.2, 0.25) is 0 Å². The predicted octanol–water partition coefficient (Wildman–Crippen LogP) is 2.54. The average Bonchev–Trinajstić information content (AvgIpc) is 2.66. The third-order valence-corrected chi connectivity index (χ3v) is 4.71. The van der Waals surface area contributed by atoms with Crippen molar-refractivity contribution in [2.24, 2.45) is 0 Å². The number of carbonyl (C=O) groups excluding carboxylic acids is 1. The number of nitrogens with one attached hydrogen (secondary N) is 1. The monoisotopic (exact) mass is 350 g/mol. The van der Waals surface area contributed by atoms with E-state index in [-0.39, 0.29) is 5.91 Å². The zero-order chi connectivity index (χ0) is 18.1. The topological polar surface area (TPSA) is 60.0 Å². The molecule has 6 nitrogen and oxygen atoms in total. The molecule has 1 aromatic carbocycles. The summed E-state index contributed by atoms with van der Waals surface area (Å²) in [6, 6.07) is 7.45. The molecule has 1 atom stereocenters. The summed E-state index contributed by atoms with van der Waals surface area (Å²) in [5, 5.41) is 2.88. The standard InChI is InChI=1S/C19H30N2O4/c1-4-19(2,23-3)18(22)20-16-6-8-17(9-7-16)25-13-5-10-21-11-14-24-15-12-21/h6-9H,4-5,10-15H2,1-3H3,(H,20,22)/t19-/m1/s1.